The number of hydrogen-bond acceptors (Lipinski definition) is 4. The molecule has 2 rings (SSSR count). The Labute approximate surface area is 89.8 Å². The van der Waals surface area contributed by atoms with Gasteiger partial charge in [-0.05, 0) is 12.8 Å². The van der Waals surface area contributed by atoms with E-state index in [2.05, 4.69) is 15.3 Å². The molecule has 6 nitrogen and oxygen atoms in total. The molecule has 1 aromatic heterocycles. The van der Waals surface area contributed by atoms with Gasteiger partial charge in [-0.25, -0.2) is 4.98 Å². The van der Waals surface area contributed by atoms with Crippen molar-refractivity contribution in [1.82, 2.24) is 15.3 Å². The second kappa shape index (κ2) is 4.40. The van der Waals surface area contributed by atoms with E-state index < -0.39 is 29.3 Å². The molecule has 1 aromatic rings. The zero-order valence-corrected chi connectivity index (χ0v) is 8.33. The third-order valence-corrected chi connectivity index (χ3v) is 2.19. The zero-order chi connectivity index (χ0) is 11.5. The van der Waals surface area contributed by atoms with Gasteiger partial charge in [-0.1, -0.05) is 0 Å². The molecule has 0 bridgehead atoms. The molecule has 1 aliphatic heterocycles. The number of halogens is 1. The number of aromatic nitrogens is 2. The summed E-state index contributed by atoms with van der Waals surface area (Å²) in [6, 6.07) is 0. The molecule has 16 heavy (non-hydrogen) atoms. The van der Waals surface area contributed by atoms with Crippen LogP contribution in [0, 0.1) is 5.95 Å². The number of nitrogens with zero attached hydrogens (tertiary/aromatic N) is 1. The number of carbonyl (C=O) groups is 1. The topological polar surface area (TPSA) is 84.1 Å². The molecule has 0 aliphatic carbocycles. The van der Waals surface area contributed by atoms with Crippen molar-refractivity contribution in [3.8, 4) is 0 Å². The fraction of sp³-hybridized carbons (Fsp3) is 0.444. The van der Waals surface area contributed by atoms with Gasteiger partial charge in [-0.15, -0.1) is 0 Å². The highest BCUT2D eigenvalue weighted by molar-refractivity contribution is 5.91. The van der Waals surface area contributed by atoms with Gasteiger partial charge in [0.25, 0.3) is 11.5 Å². The fourth-order valence-electron chi connectivity index (χ4n) is 1.44. The van der Waals surface area contributed by atoms with Crippen LogP contribution in [0.15, 0.2) is 11.0 Å². The second-order valence-electron chi connectivity index (χ2n) is 3.38. The van der Waals surface area contributed by atoms with Gasteiger partial charge in [0, 0.05) is 6.61 Å². The molecule has 2 N–H and O–H groups in total. The quantitative estimate of drug-likeness (QED) is 0.731. The average molecular weight is 227 g/mol. The van der Waals surface area contributed by atoms with Crippen LogP contribution in [0.25, 0.3) is 0 Å². The second-order valence-corrected chi connectivity index (χ2v) is 3.38. The molecule has 1 amide bonds. The van der Waals surface area contributed by atoms with E-state index in [0.29, 0.717) is 13.0 Å². The van der Waals surface area contributed by atoms with Crippen molar-refractivity contribution in [3.63, 3.8) is 0 Å². The van der Waals surface area contributed by atoms with Gasteiger partial charge < -0.3 is 15.0 Å². The average Bonchev–Trinajstić information content (AvgIpc) is 2.74. The smallest absolute Gasteiger partial charge is 0.279 e. The monoisotopic (exact) mass is 227 g/mol. The van der Waals surface area contributed by atoms with Gasteiger partial charge >= 0.3 is 0 Å². The third kappa shape index (κ3) is 2.25. The van der Waals surface area contributed by atoms with Crippen LogP contribution >= 0.6 is 0 Å². The predicted octanol–water partition coefficient (Wildman–Crippen LogP) is -0.225. The molecule has 2 heterocycles. The van der Waals surface area contributed by atoms with Crippen molar-refractivity contribution in [2.75, 3.05) is 6.61 Å². The minimum absolute atomic E-state index is 0.419. The first-order valence-electron chi connectivity index (χ1n) is 4.84. The van der Waals surface area contributed by atoms with Gasteiger partial charge in [0.05, 0.1) is 6.20 Å². The summed E-state index contributed by atoms with van der Waals surface area (Å²) in [4.78, 5) is 28.0. The number of ether oxygens (including phenoxy) is 1. The van der Waals surface area contributed by atoms with Crippen LogP contribution in [0.5, 0.6) is 0 Å². The number of nitrogens with one attached hydrogen (secondary N) is 2. The summed E-state index contributed by atoms with van der Waals surface area (Å²) in [6.07, 6.45) is 1.90. The predicted molar refractivity (Wildman–Crippen MR) is 51.3 cm³/mol. The van der Waals surface area contributed by atoms with E-state index in [9.17, 15) is 14.0 Å². The van der Waals surface area contributed by atoms with Gasteiger partial charge in [0.1, 0.15) is 6.23 Å². The van der Waals surface area contributed by atoms with Crippen molar-refractivity contribution in [2.45, 2.75) is 19.1 Å². The first kappa shape index (κ1) is 10.7. The summed E-state index contributed by atoms with van der Waals surface area (Å²) in [5, 5.41) is 2.45. The lowest BCUT2D eigenvalue weighted by Gasteiger charge is -2.10. The molecule has 1 fully saturated rings. The van der Waals surface area contributed by atoms with E-state index >= 15 is 0 Å². The number of rotatable bonds is 2. The van der Waals surface area contributed by atoms with Gasteiger partial charge in [0.2, 0.25) is 5.95 Å². The van der Waals surface area contributed by atoms with Gasteiger partial charge in [-0.3, -0.25) is 9.59 Å². The highest BCUT2D eigenvalue weighted by Gasteiger charge is 2.21. The fourth-order valence-corrected chi connectivity index (χ4v) is 1.44. The lowest BCUT2D eigenvalue weighted by molar-refractivity contribution is 0.0633. The van der Waals surface area contributed by atoms with Crippen molar-refractivity contribution in [3.05, 3.63) is 28.2 Å². The van der Waals surface area contributed by atoms with E-state index in [1.54, 1.807) is 0 Å². The summed E-state index contributed by atoms with van der Waals surface area (Å²) in [5.74, 6) is -1.63. The summed E-state index contributed by atoms with van der Waals surface area (Å²) in [6.45, 7) is 0.567. The number of carbonyl (C=O) groups excluding carboxylic acids is 1. The van der Waals surface area contributed by atoms with E-state index in [0.717, 1.165) is 12.6 Å². The molecule has 1 aliphatic rings. The zero-order valence-electron chi connectivity index (χ0n) is 8.33. The van der Waals surface area contributed by atoms with Crippen LogP contribution in [0.4, 0.5) is 4.39 Å². The van der Waals surface area contributed by atoms with Crippen LogP contribution in [0.3, 0.4) is 0 Å². The molecule has 0 spiro atoms. The maximum atomic E-state index is 12.7. The molecular formula is C9H10FN3O3. The minimum atomic E-state index is -0.905. The molecule has 86 valence electrons. The number of aromatic amines is 1. The van der Waals surface area contributed by atoms with Crippen molar-refractivity contribution in [2.24, 2.45) is 0 Å². The third-order valence-electron chi connectivity index (χ3n) is 2.19. The van der Waals surface area contributed by atoms with Gasteiger partial charge in [-0.2, -0.15) is 4.39 Å². The molecule has 0 aromatic carbocycles. The largest absolute Gasteiger partial charge is 0.359 e. The number of hydrogen-bond donors (Lipinski definition) is 2. The number of H-pyrrole nitrogens is 1. The summed E-state index contributed by atoms with van der Waals surface area (Å²) in [5.41, 5.74) is -1.22. The van der Waals surface area contributed by atoms with Crippen molar-refractivity contribution in [1.29, 1.82) is 0 Å². The Morgan fingerprint density at radius 2 is 2.50 bits per heavy atom. The van der Waals surface area contributed by atoms with Crippen LogP contribution in [-0.4, -0.2) is 28.7 Å². The van der Waals surface area contributed by atoms with Crippen LogP contribution in [0.1, 0.15) is 23.3 Å². The SMILES string of the molecule is O=C(N[C@@H]1CCCO1)c1nc(F)c[nH]c1=O. The molecule has 7 heteroatoms. The Hall–Kier alpha value is -1.76. The van der Waals surface area contributed by atoms with Gasteiger partial charge in [0.15, 0.2) is 5.69 Å². The molecular weight excluding hydrogens is 217 g/mol. The summed E-state index contributed by atoms with van der Waals surface area (Å²) >= 11 is 0. The van der Waals surface area contributed by atoms with Crippen LogP contribution < -0.4 is 10.9 Å². The number of amides is 1. The maximum absolute atomic E-state index is 12.7. The maximum Gasteiger partial charge on any atom is 0.279 e. The van der Waals surface area contributed by atoms with E-state index in [1.807, 2.05) is 0 Å². The highest BCUT2D eigenvalue weighted by atomic mass is 19.1. The Bertz CT molecular complexity index is 454. The lowest BCUT2D eigenvalue weighted by Crippen LogP contribution is -2.38. The van der Waals surface area contributed by atoms with Crippen molar-refractivity contribution >= 4 is 5.91 Å². The van der Waals surface area contributed by atoms with Crippen LogP contribution in [-0.2, 0) is 4.74 Å². The molecule has 0 radical (unpaired) electrons. The van der Waals surface area contributed by atoms with E-state index in [-0.39, 0.29) is 0 Å². The van der Waals surface area contributed by atoms with E-state index in [4.69, 9.17) is 4.74 Å². The van der Waals surface area contributed by atoms with Crippen molar-refractivity contribution < 1.29 is 13.9 Å². The highest BCUT2D eigenvalue weighted by Crippen LogP contribution is 2.09. The Morgan fingerprint density at radius 3 is 3.19 bits per heavy atom. The lowest BCUT2D eigenvalue weighted by atomic mass is 10.3. The Balaban J connectivity index is 2.13. The van der Waals surface area contributed by atoms with E-state index in [1.165, 1.54) is 0 Å². The minimum Gasteiger partial charge on any atom is -0.359 e. The molecule has 0 saturated carbocycles. The Kier molecular flexibility index (Phi) is 2.95. The first-order valence-corrected chi connectivity index (χ1v) is 4.84. The standard InChI is InChI=1S/C9H10FN3O3/c10-5-4-11-8(14)7(12-5)9(15)13-6-2-1-3-16-6/h4,6H,1-3H2,(H,11,14)(H,13,15)/t6-/m0/s1. The summed E-state index contributed by atoms with van der Waals surface area (Å²) < 4.78 is 17.9. The molecule has 0 unspecified atom stereocenters. The van der Waals surface area contributed by atoms with Crippen LogP contribution in [0.2, 0.25) is 0 Å². The summed E-state index contributed by atoms with van der Waals surface area (Å²) in [7, 11) is 0. The molecule has 1 atom stereocenters. The Morgan fingerprint density at radius 1 is 1.69 bits per heavy atom. The molecule has 1 saturated heterocycles. The first-order chi connectivity index (χ1) is 7.66. The normalized spacial score (nSPS) is 19.7.